The van der Waals surface area contributed by atoms with Gasteiger partial charge in [-0.15, -0.1) is 0 Å². The summed E-state index contributed by atoms with van der Waals surface area (Å²) in [7, 11) is 1.36. The largest absolute Gasteiger partial charge is 0.497 e. The quantitative estimate of drug-likeness (QED) is 0.513. The molecule has 8 heteroatoms. The van der Waals surface area contributed by atoms with Gasteiger partial charge in [-0.05, 0) is 80.1 Å². The molecule has 0 radical (unpaired) electrons. The lowest BCUT2D eigenvalue weighted by Crippen LogP contribution is -2.41. The van der Waals surface area contributed by atoms with Gasteiger partial charge in [-0.2, -0.15) is 13.2 Å². The van der Waals surface area contributed by atoms with E-state index in [2.05, 4.69) is 4.90 Å². The van der Waals surface area contributed by atoms with E-state index in [1.165, 1.54) is 13.2 Å². The van der Waals surface area contributed by atoms with Crippen molar-refractivity contribution < 1.29 is 27.4 Å². The number of anilines is 1. The van der Waals surface area contributed by atoms with Crippen LogP contribution >= 0.6 is 0 Å². The summed E-state index contributed by atoms with van der Waals surface area (Å²) < 4.78 is 52.7. The number of methoxy groups -OCH3 is 1. The molecule has 0 bridgehead atoms. The van der Waals surface area contributed by atoms with E-state index in [1.54, 1.807) is 11.0 Å². The van der Waals surface area contributed by atoms with Crippen LogP contribution in [0.2, 0.25) is 0 Å². The van der Waals surface area contributed by atoms with Crippen molar-refractivity contribution in [2.75, 3.05) is 38.2 Å². The Hall–Kier alpha value is -2.90. The van der Waals surface area contributed by atoms with Gasteiger partial charge < -0.3 is 19.3 Å². The summed E-state index contributed by atoms with van der Waals surface area (Å²) >= 11 is 0. The van der Waals surface area contributed by atoms with Crippen molar-refractivity contribution in [1.82, 2.24) is 4.90 Å². The van der Waals surface area contributed by atoms with Crippen molar-refractivity contribution in [1.29, 1.82) is 0 Å². The minimum atomic E-state index is -4.51. The first-order valence-corrected chi connectivity index (χ1v) is 12.1. The average Bonchev–Trinajstić information content (AvgIpc) is 3.21. The smallest absolute Gasteiger partial charge is 0.417 e. The Kier molecular flexibility index (Phi) is 5.68. The van der Waals surface area contributed by atoms with Gasteiger partial charge >= 0.3 is 12.3 Å². The number of likely N-dealkylation sites (tertiary alicyclic amines) is 1. The molecule has 3 heterocycles. The number of alkyl halides is 3. The molecule has 1 fully saturated rings. The van der Waals surface area contributed by atoms with E-state index in [9.17, 15) is 18.0 Å². The van der Waals surface area contributed by atoms with Crippen LogP contribution in [0.25, 0.3) is 11.1 Å². The molecule has 2 aromatic carbocycles. The van der Waals surface area contributed by atoms with Crippen molar-refractivity contribution in [2.45, 2.75) is 51.3 Å². The molecular formula is C27H31F3N2O3. The zero-order chi connectivity index (χ0) is 25.1. The number of carbonyl (C=O) groups excluding carboxylic acids is 1. The Labute approximate surface area is 203 Å². The topological polar surface area (TPSA) is 42.0 Å². The highest BCUT2D eigenvalue weighted by Crippen LogP contribution is 2.49. The van der Waals surface area contributed by atoms with Crippen LogP contribution in [0.3, 0.4) is 0 Å². The monoisotopic (exact) mass is 488 g/mol. The molecule has 35 heavy (non-hydrogen) atoms. The second-order valence-electron chi connectivity index (χ2n) is 10.8. The standard InChI is InChI=1S/C27H31F3N2O3/c1-26(2,3)35-25(33)32-14-18-13-31-9-5-6-16-10-17(11-21(24(16)31)22(18)15-32)20-8-7-19(34-4)12-23(20)27(28,29)30/h7-8,10-12,18,22H,5-6,9,13-15H2,1-4H3/t18-,22-/m1/s1. The fourth-order valence-electron chi connectivity index (χ4n) is 5.79. The van der Waals surface area contributed by atoms with Crippen molar-refractivity contribution in [3.63, 3.8) is 0 Å². The molecule has 188 valence electrons. The van der Waals surface area contributed by atoms with Gasteiger partial charge in [0.1, 0.15) is 11.4 Å². The number of benzene rings is 2. The molecule has 2 aromatic rings. The highest BCUT2D eigenvalue weighted by Gasteiger charge is 2.44. The lowest BCUT2D eigenvalue weighted by molar-refractivity contribution is -0.137. The van der Waals surface area contributed by atoms with Crippen molar-refractivity contribution in [3.05, 3.63) is 47.0 Å². The highest BCUT2D eigenvalue weighted by atomic mass is 19.4. The van der Waals surface area contributed by atoms with Crippen LogP contribution in [-0.4, -0.2) is 49.9 Å². The summed E-state index contributed by atoms with van der Waals surface area (Å²) in [5.74, 6) is 0.461. The van der Waals surface area contributed by atoms with E-state index >= 15 is 0 Å². The van der Waals surface area contributed by atoms with Gasteiger partial charge in [-0.25, -0.2) is 4.79 Å². The van der Waals surface area contributed by atoms with Gasteiger partial charge in [-0.3, -0.25) is 0 Å². The predicted octanol–water partition coefficient (Wildman–Crippen LogP) is 6.10. The first-order chi connectivity index (χ1) is 16.4. The summed E-state index contributed by atoms with van der Waals surface area (Å²) in [6, 6.07) is 7.98. The lowest BCUT2D eigenvalue weighted by Gasteiger charge is -2.42. The summed E-state index contributed by atoms with van der Waals surface area (Å²) in [5.41, 5.74) is 2.71. The summed E-state index contributed by atoms with van der Waals surface area (Å²) in [5, 5.41) is 0. The SMILES string of the molecule is COc1ccc(-c2cc3c4c(c2)[C@@H]2CN(C(=O)OC(C)(C)C)C[C@H]2CN4CCC3)c(C(F)(F)F)c1. The molecule has 0 N–H and O–H groups in total. The fraction of sp³-hybridized carbons (Fsp3) is 0.519. The number of rotatable bonds is 2. The Bertz CT molecular complexity index is 1160. The molecule has 0 spiro atoms. The molecule has 2 atom stereocenters. The lowest BCUT2D eigenvalue weighted by atomic mass is 9.78. The van der Waals surface area contributed by atoms with Gasteiger partial charge in [0.15, 0.2) is 0 Å². The van der Waals surface area contributed by atoms with Crippen LogP contribution in [0.1, 0.15) is 49.8 Å². The van der Waals surface area contributed by atoms with Gasteiger partial charge in [0.05, 0.1) is 12.7 Å². The number of amides is 1. The third kappa shape index (κ3) is 4.43. The van der Waals surface area contributed by atoms with Crippen LogP contribution in [0.4, 0.5) is 23.7 Å². The van der Waals surface area contributed by atoms with Gasteiger partial charge in [0, 0.05) is 43.7 Å². The number of fused-ring (bicyclic) bond motifs is 2. The van der Waals surface area contributed by atoms with Crippen molar-refractivity contribution in [3.8, 4) is 16.9 Å². The number of aryl methyl sites for hydroxylation is 1. The van der Waals surface area contributed by atoms with E-state index in [0.29, 0.717) is 18.7 Å². The molecule has 1 saturated heterocycles. The highest BCUT2D eigenvalue weighted by molar-refractivity contribution is 5.78. The maximum atomic E-state index is 14.0. The van der Waals surface area contributed by atoms with Crippen LogP contribution in [-0.2, 0) is 17.3 Å². The Morgan fingerprint density at radius 2 is 1.83 bits per heavy atom. The van der Waals surface area contributed by atoms with E-state index < -0.39 is 17.3 Å². The van der Waals surface area contributed by atoms with Crippen molar-refractivity contribution in [2.24, 2.45) is 5.92 Å². The summed E-state index contributed by atoms with van der Waals surface area (Å²) in [6.45, 7) is 8.41. The predicted molar refractivity (Wildman–Crippen MR) is 128 cm³/mol. The third-order valence-electron chi connectivity index (χ3n) is 7.20. The number of halogens is 3. The van der Waals surface area contributed by atoms with Gasteiger partial charge in [-0.1, -0.05) is 6.07 Å². The zero-order valence-corrected chi connectivity index (χ0v) is 20.5. The molecule has 3 aliphatic heterocycles. The zero-order valence-electron chi connectivity index (χ0n) is 20.5. The maximum absolute atomic E-state index is 14.0. The Morgan fingerprint density at radius 3 is 2.51 bits per heavy atom. The molecule has 5 rings (SSSR count). The molecule has 0 aromatic heterocycles. The normalized spacial score (nSPS) is 21.5. The van der Waals surface area contributed by atoms with Crippen LogP contribution in [0, 0.1) is 5.92 Å². The van der Waals surface area contributed by atoms with E-state index in [4.69, 9.17) is 9.47 Å². The minimum absolute atomic E-state index is 0.0677. The fourth-order valence-corrected chi connectivity index (χ4v) is 5.79. The molecule has 5 nitrogen and oxygen atoms in total. The van der Waals surface area contributed by atoms with E-state index in [1.807, 2.05) is 32.9 Å². The number of hydrogen-bond donors (Lipinski definition) is 0. The minimum Gasteiger partial charge on any atom is -0.497 e. The van der Waals surface area contributed by atoms with Crippen LogP contribution in [0.5, 0.6) is 5.75 Å². The van der Waals surface area contributed by atoms with Gasteiger partial charge in [0.25, 0.3) is 0 Å². The molecule has 0 saturated carbocycles. The van der Waals surface area contributed by atoms with Crippen molar-refractivity contribution >= 4 is 11.8 Å². The Balaban J connectivity index is 1.58. The number of ether oxygens (including phenoxy) is 2. The van der Waals surface area contributed by atoms with Crippen LogP contribution < -0.4 is 9.64 Å². The molecular weight excluding hydrogens is 457 g/mol. The number of carbonyl (C=O) groups is 1. The average molecular weight is 489 g/mol. The summed E-state index contributed by atoms with van der Waals surface area (Å²) in [4.78, 5) is 16.9. The van der Waals surface area contributed by atoms with Crippen LogP contribution in [0.15, 0.2) is 30.3 Å². The maximum Gasteiger partial charge on any atom is 0.417 e. The number of hydrogen-bond acceptors (Lipinski definition) is 4. The first-order valence-electron chi connectivity index (χ1n) is 12.1. The molecule has 3 aliphatic rings. The molecule has 0 unspecified atom stereocenters. The second kappa shape index (κ2) is 8.35. The molecule has 1 amide bonds. The number of nitrogens with zero attached hydrogens (tertiary/aromatic N) is 2. The summed E-state index contributed by atoms with van der Waals surface area (Å²) in [6.07, 6.45) is -3.05. The molecule has 0 aliphatic carbocycles. The Morgan fingerprint density at radius 1 is 1.06 bits per heavy atom. The van der Waals surface area contributed by atoms with Gasteiger partial charge in [0.2, 0.25) is 0 Å². The second-order valence-corrected chi connectivity index (χ2v) is 10.8. The van der Waals surface area contributed by atoms with E-state index in [0.717, 1.165) is 48.8 Å². The third-order valence-corrected chi connectivity index (χ3v) is 7.20. The van der Waals surface area contributed by atoms with E-state index in [-0.39, 0.29) is 29.2 Å². The first kappa shape index (κ1) is 23.8.